The van der Waals surface area contributed by atoms with Crippen molar-refractivity contribution in [2.45, 2.75) is 10.1 Å². The molecule has 0 atom stereocenters. The van der Waals surface area contributed by atoms with E-state index in [1.165, 1.54) is 18.3 Å². The number of nitrogens with zero attached hydrogens (tertiary/aromatic N) is 2. The Kier molecular flexibility index (Phi) is 3.29. The van der Waals surface area contributed by atoms with Crippen molar-refractivity contribution in [3.8, 4) is 0 Å². The van der Waals surface area contributed by atoms with Crippen molar-refractivity contribution in [1.82, 2.24) is 9.97 Å². The monoisotopic (exact) mass is 318 g/mol. The maximum absolute atomic E-state index is 11.2. The van der Waals surface area contributed by atoms with Gasteiger partial charge in [-0.1, -0.05) is 6.07 Å². The van der Waals surface area contributed by atoms with Crippen LogP contribution in [0.1, 0.15) is 10.4 Å². The van der Waals surface area contributed by atoms with Gasteiger partial charge in [0.1, 0.15) is 5.52 Å². The van der Waals surface area contributed by atoms with E-state index < -0.39 is 35.9 Å². The highest BCUT2D eigenvalue weighted by Crippen LogP contribution is 2.26. The summed E-state index contributed by atoms with van der Waals surface area (Å²) in [5.74, 6) is 0. The summed E-state index contributed by atoms with van der Waals surface area (Å²) in [7, 11) is -9.87. The standard InChI is InChI=1S/C9H6N2O7S2/c12-4-6-5-2-1-3-10-7(5)9(20(16,17)18)11-8(6)19(13,14)15/h1-4H,(H,13,14,15)(H,16,17,18). The Morgan fingerprint density at radius 3 is 2.15 bits per heavy atom. The molecule has 9 nitrogen and oxygen atoms in total. The second-order valence-electron chi connectivity index (χ2n) is 3.60. The summed E-state index contributed by atoms with van der Waals surface area (Å²) < 4.78 is 62.8. The van der Waals surface area contributed by atoms with Crippen LogP contribution >= 0.6 is 0 Å². The molecule has 11 heteroatoms. The van der Waals surface area contributed by atoms with E-state index in [4.69, 9.17) is 9.11 Å². The Balaban J connectivity index is 3.16. The third kappa shape index (κ3) is 2.38. The number of hydrogen-bond donors (Lipinski definition) is 2. The zero-order valence-electron chi connectivity index (χ0n) is 9.46. The molecule has 0 fully saturated rings. The van der Waals surface area contributed by atoms with Crippen molar-refractivity contribution in [1.29, 1.82) is 0 Å². The van der Waals surface area contributed by atoms with Crippen molar-refractivity contribution >= 4 is 37.4 Å². The summed E-state index contributed by atoms with van der Waals surface area (Å²) >= 11 is 0. The molecule has 20 heavy (non-hydrogen) atoms. The number of pyridine rings is 2. The molecule has 0 unspecified atom stereocenters. The van der Waals surface area contributed by atoms with E-state index in [2.05, 4.69) is 9.97 Å². The van der Waals surface area contributed by atoms with Gasteiger partial charge in [-0.2, -0.15) is 16.8 Å². The summed E-state index contributed by atoms with van der Waals surface area (Å²) in [6, 6.07) is 2.52. The molecule has 0 aromatic carbocycles. The van der Waals surface area contributed by atoms with Crippen LogP contribution in [0.3, 0.4) is 0 Å². The number of hydrogen-bond acceptors (Lipinski definition) is 7. The normalized spacial score (nSPS) is 12.5. The minimum Gasteiger partial charge on any atom is -0.298 e. The molecular weight excluding hydrogens is 312 g/mol. The van der Waals surface area contributed by atoms with Crippen LogP contribution < -0.4 is 0 Å². The molecule has 2 aromatic rings. The maximum Gasteiger partial charge on any atom is 0.314 e. The van der Waals surface area contributed by atoms with Gasteiger partial charge in [0, 0.05) is 11.6 Å². The molecule has 2 N–H and O–H groups in total. The average molecular weight is 318 g/mol. The molecule has 0 aliphatic rings. The second-order valence-corrected chi connectivity index (χ2v) is 6.28. The number of aromatic nitrogens is 2. The van der Waals surface area contributed by atoms with Crippen molar-refractivity contribution < 1.29 is 30.7 Å². The van der Waals surface area contributed by atoms with Crippen LogP contribution in [0.2, 0.25) is 0 Å². The van der Waals surface area contributed by atoms with Crippen molar-refractivity contribution in [3.63, 3.8) is 0 Å². The Labute approximate surface area is 112 Å². The van der Waals surface area contributed by atoms with Gasteiger partial charge in [0.25, 0.3) is 0 Å². The molecule has 0 aliphatic carbocycles. The Hall–Kier alpha value is -1.95. The SMILES string of the molecule is O=Cc1c(S(=O)(=O)O)nc(S(=O)(=O)O)c2ncccc12. The van der Waals surface area contributed by atoms with E-state index in [0.29, 0.717) is 0 Å². The molecule has 0 saturated carbocycles. The zero-order chi connectivity index (χ0) is 15.1. The van der Waals surface area contributed by atoms with E-state index >= 15 is 0 Å². The first-order chi connectivity index (χ1) is 9.16. The van der Waals surface area contributed by atoms with Crippen LogP contribution in [-0.4, -0.2) is 42.2 Å². The fourth-order valence-corrected chi connectivity index (χ4v) is 2.92. The minimum absolute atomic E-state index is 0.0912. The lowest BCUT2D eigenvalue weighted by Crippen LogP contribution is -2.12. The molecule has 0 saturated heterocycles. The number of fused-ring (bicyclic) bond motifs is 1. The van der Waals surface area contributed by atoms with Gasteiger partial charge in [0.2, 0.25) is 5.03 Å². The predicted molar refractivity (Wildman–Crippen MR) is 64.6 cm³/mol. The van der Waals surface area contributed by atoms with Gasteiger partial charge in [0.15, 0.2) is 11.3 Å². The van der Waals surface area contributed by atoms with E-state index in [0.717, 1.165) is 0 Å². The molecule has 106 valence electrons. The number of aldehydes is 1. The maximum atomic E-state index is 11.2. The smallest absolute Gasteiger partial charge is 0.298 e. The summed E-state index contributed by atoms with van der Waals surface area (Å²) in [6.45, 7) is 0. The lowest BCUT2D eigenvalue weighted by molar-refractivity contribution is 0.112. The first-order valence-electron chi connectivity index (χ1n) is 4.85. The van der Waals surface area contributed by atoms with E-state index in [-0.39, 0.29) is 17.2 Å². The fraction of sp³-hybridized carbons (Fsp3) is 0. The number of carbonyl (C=O) groups is 1. The third-order valence-electron chi connectivity index (χ3n) is 2.34. The lowest BCUT2D eigenvalue weighted by atomic mass is 10.2. The molecule has 0 amide bonds. The highest BCUT2D eigenvalue weighted by Gasteiger charge is 2.27. The van der Waals surface area contributed by atoms with Gasteiger partial charge >= 0.3 is 20.2 Å². The van der Waals surface area contributed by atoms with Gasteiger partial charge in [-0.25, -0.2) is 4.98 Å². The van der Waals surface area contributed by atoms with Crippen molar-refractivity contribution in [2.75, 3.05) is 0 Å². The highest BCUT2D eigenvalue weighted by atomic mass is 32.2. The average Bonchev–Trinajstić information content (AvgIpc) is 2.34. The quantitative estimate of drug-likeness (QED) is 0.585. The van der Waals surface area contributed by atoms with Crippen LogP contribution in [0.15, 0.2) is 28.4 Å². The first kappa shape index (κ1) is 14.5. The van der Waals surface area contributed by atoms with Crippen LogP contribution in [0.25, 0.3) is 10.9 Å². The van der Waals surface area contributed by atoms with Crippen LogP contribution in [0.5, 0.6) is 0 Å². The molecule has 0 radical (unpaired) electrons. The van der Waals surface area contributed by atoms with Gasteiger partial charge in [-0.3, -0.25) is 18.9 Å². The van der Waals surface area contributed by atoms with Gasteiger partial charge in [0.05, 0.1) is 5.56 Å². The summed E-state index contributed by atoms with van der Waals surface area (Å²) in [4.78, 5) is 17.8. The molecule has 2 rings (SSSR count). The third-order valence-corrected chi connectivity index (χ3v) is 3.91. The second kappa shape index (κ2) is 4.56. The molecule has 0 aliphatic heterocycles. The number of rotatable bonds is 3. The van der Waals surface area contributed by atoms with Crippen LogP contribution in [0.4, 0.5) is 0 Å². The summed E-state index contributed by atoms with van der Waals surface area (Å²) in [5.41, 5.74) is -0.937. The molecule has 0 spiro atoms. The predicted octanol–water partition coefficient (Wildman–Crippen LogP) is -0.0643. The zero-order valence-corrected chi connectivity index (χ0v) is 11.1. The summed E-state index contributed by atoms with van der Waals surface area (Å²) in [6.07, 6.45) is 1.26. The van der Waals surface area contributed by atoms with E-state index in [1.807, 2.05) is 0 Å². The van der Waals surface area contributed by atoms with Crippen molar-refractivity contribution in [3.05, 3.63) is 23.9 Å². The van der Waals surface area contributed by atoms with Gasteiger partial charge in [-0.05, 0) is 6.07 Å². The topological polar surface area (TPSA) is 152 Å². The van der Waals surface area contributed by atoms with Crippen molar-refractivity contribution in [2.24, 2.45) is 0 Å². The summed E-state index contributed by atoms with van der Waals surface area (Å²) in [5, 5.41) is -2.41. The van der Waals surface area contributed by atoms with Crippen LogP contribution in [-0.2, 0) is 20.2 Å². The molecule has 0 bridgehead atoms. The minimum atomic E-state index is -4.97. The first-order valence-corrected chi connectivity index (χ1v) is 7.73. The Morgan fingerprint density at radius 1 is 1.05 bits per heavy atom. The Morgan fingerprint density at radius 2 is 1.65 bits per heavy atom. The van der Waals surface area contributed by atoms with Gasteiger partial charge in [-0.15, -0.1) is 0 Å². The Bertz CT molecular complexity index is 919. The highest BCUT2D eigenvalue weighted by molar-refractivity contribution is 7.86. The van der Waals surface area contributed by atoms with Gasteiger partial charge < -0.3 is 0 Å². The molecular formula is C9H6N2O7S2. The van der Waals surface area contributed by atoms with E-state index in [9.17, 15) is 21.6 Å². The molecule has 2 aromatic heterocycles. The fourth-order valence-electron chi connectivity index (χ4n) is 1.60. The molecule has 2 heterocycles. The lowest BCUT2D eigenvalue weighted by Gasteiger charge is -2.08. The number of carbonyl (C=O) groups excluding carboxylic acids is 1. The largest absolute Gasteiger partial charge is 0.314 e. The van der Waals surface area contributed by atoms with Crippen LogP contribution in [0, 0.1) is 0 Å². The van der Waals surface area contributed by atoms with E-state index in [1.54, 1.807) is 0 Å².